The van der Waals surface area contributed by atoms with Gasteiger partial charge in [-0.2, -0.15) is 20.5 Å². The first kappa shape index (κ1) is 21.4. The molecular weight excluding hydrogens is 423 g/mol. The SMILES string of the molecule is CCNC(=NCc1nccn1C(F)F)NCCCCSC.I. The second-order valence-electron chi connectivity index (χ2n) is 4.35. The fraction of sp³-hybridized carbons (Fsp3) is 0.692. The van der Waals surface area contributed by atoms with Crippen LogP contribution in [0.25, 0.3) is 0 Å². The Morgan fingerprint density at radius 2 is 2.18 bits per heavy atom. The van der Waals surface area contributed by atoms with Gasteiger partial charge in [0, 0.05) is 25.5 Å². The molecule has 9 heteroatoms. The maximum absolute atomic E-state index is 12.7. The lowest BCUT2D eigenvalue weighted by atomic mass is 10.3. The lowest BCUT2D eigenvalue weighted by Crippen LogP contribution is -2.37. The van der Waals surface area contributed by atoms with E-state index in [0.717, 1.165) is 36.3 Å². The Labute approximate surface area is 151 Å². The van der Waals surface area contributed by atoms with Gasteiger partial charge in [-0.25, -0.2) is 9.98 Å². The highest BCUT2D eigenvalue weighted by atomic mass is 127. The number of rotatable bonds is 9. The zero-order valence-electron chi connectivity index (χ0n) is 12.9. The molecule has 1 aromatic heterocycles. The number of halogens is 3. The molecule has 5 nitrogen and oxygen atoms in total. The Hall–Kier alpha value is -0.580. The number of hydrogen-bond donors (Lipinski definition) is 2. The molecule has 2 N–H and O–H groups in total. The van der Waals surface area contributed by atoms with Crippen LogP contribution in [0.1, 0.15) is 32.1 Å². The van der Waals surface area contributed by atoms with Gasteiger partial charge in [0.25, 0.3) is 0 Å². The van der Waals surface area contributed by atoms with Crippen LogP contribution in [0, 0.1) is 0 Å². The minimum atomic E-state index is -2.58. The average Bonchev–Trinajstić information content (AvgIpc) is 2.93. The number of unbranched alkanes of at least 4 members (excludes halogenated alkanes) is 1. The Balaban J connectivity index is 0.00000441. The van der Waals surface area contributed by atoms with Crippen molar-refractivity contribution in [2.45, 2.75) is 32.9 Å². The molecule has 0 fully saturated rings. The third-order valence-corrected chi connectivity index (χ3v) is 3.45. The largest absolute Gasteiger partial charge is 0.357 e. The van der Waals surface area contributed by atoms with Crippen LogP contribution in [0.4, 0.5) is 8.78 Å². The molecule has 0 aromatic carbocycles. The van der Waals surface area contributed by atoms with Gasteiger partial charge in [-0.05, 0) is 31.8 Å². The van der Waals surface area contributed by atoms with E-state index in [-0.39, 0.29) is 36.3 Å². The molecule has 0 atom stereocenters. The standard InChI is InChI=1S/C13H23F2N5S.HI/c1-3-16-13(18-6-4-5-9-21-2)19-10-11-17-7-8-20(11)12(14)15;/h7-8,12H,3-6,9-10H2,1-2H3,(H2,16,18,19);1H. The zero-order chi connectivity index (χ0) is 15.5. The van der Waals surface area contributed by atoms with Crippen LogP contribution in [-0.2, 0) is 6.54 Å². The highest BCUT2D eigenvalue weighted by Gasteiger charge is 2.10. The summed E-state index contributed by atoms with van der Waals surface area (Å²) < 4.78 is 26.2. The number of nitrogens with zero attached hydrogens (tertiary/aromatic N) is 3. The molecule has 0 saturated heterocycles. The highest BCUT2D eigenvalue weighted by molar-refractivity contribution is 14.0. The number of alkyl halides is 2. The predicted octanol–water partition coefficient (Wildman–Crippen LogP) is 3.09. The molecule has 128 valence electrons. The molecule has 1 rings (SSSR count). The smallest absolute Gasteiger partial charge is 0.319 e. The number of thioether (sulfide) groups is 1. The van der Waals surface area contributed by atoms with Gasteiger partial charge in [0.05, 0.1) is 0 Å². The lowest BCUT2D eigenvalue weighted by molar-refractivity contribution is 0.0671. The molecule has 0 saturated carbocycles. The van der Waals surface area contributed by atoms with E-state index in [2.05, 4.69) is 26.9 Å². The Bertz CT molecular complexity index is 428. The normalized spacial score (nSPS) is 11.4. The van der Waals surface area contributed by atoms with E-state index in [0.29, 0.717) is 5.96 Å². The van der Waals surface area contributed by atoms with Crippen LogP contribution < -0.4 is 10.6 Å². The predicted molar refractivity (Wildman–Crippen MR) is 99.3 cm³/mol. The van der Waals surface area contributed by atoms with Crippen molar-refractivity contribution in [3.05, 3.63) is 18.2 Å². The maximum atomic E-state index is 12.7. The van der Waals surface area contributed by atoms with Crippen molar-refractivity contribution < 1.29 is 8.78 Å². The number of aliphatic imine (C=N–C) groups is 1. The Kier molecular flexibility index (Phi) is 12.6. The average molecular weight is 447 g/mol. The van der Waals surface area contributed by atoms with Gasteiger partial charge in [0.15, 0.2) is 5.96 Å². The second kappa shape index (κ2) is 12.9. The lowest BCUT2D eigenvalue weighted by Gasteiger charge is -2.11. The van der Waals surface area contributed by atoms with Gasteiger partial charge < -0.3 is 10.6 Å². The summed E-state index contributed by atoms with van der Waals surface area (Å²) in [5, 5.41) is 6.29. The molecule has 0 unspecified atom stereocenters. The first-order valence-electron chi connectivity index (χ1n) is 7.00. The van der Waals surface area contributed by atoms with Crippen molar-refractivity contribution in [1.29, 1.82) is 0 Å². The van der Waals surface area contributed by atoms with Crippen LogP contribution >= 0.6 is 35.7 Å². The molecule has 0 amide bonds. The molecule has 0 aliphatic rings. The van der Waals surface area contributed by atoms with Crippen LogP contribution in [0.15, 0.2) is 17.4 Å². The molecule has 0 spiro atoms. The summed E-state index contributed by atoms with van der Waals surface area (Å²) in [4.78, 5) is 8.20. The number of aromatic nitrogens is 2. The molecule has 1 heterocycles. The zero-order valence-corrected chi connectivity index (χ0v) is 16.0. The van der Waals surface area contributed by atoms with Gasteiger partial charge in [0.2, 0.25) is 0 Å². The summed E-state index contributed by atoms with van der Waals surface area (Å²) in [5.74, 6) is 2.02. The van der Waals surface area contributed by atoms with E-state index in [1.54, 1.807) is 0 Å². The first-order chi connectivity index (χ1) is 10.2. The summed E-state index contributed by atoms with van der Waals surface area (Å²) >= 11 is 1.83. The van der Waals surface area contributed by atoms with Gasteiger partial charge >= 0.3 is 6.55 Å². The van der Waals surface area contributed by atoms with Crippen LogP contribution in [0.2, 0.25) is 0 Å². The van der Waals surface area contributed by atoms with E-state index >= 15 is 0 Å². The van der Waals surface area contributed by atoms with Crippen molar-refractivity contribution in [3.8, 4) is 0 Å². The summed E-state index contributed by atoms with van der Waals surface area (Å²) in [6.45, 7) is 1.04. The molecule has 0 aliphatic carbocycles. The molecule has 0 radical (unpaired) electrons. The minimum Gasteiger partial charge on any atom is -0.357 e. The molecule has 22 heavy (non-hydrogen) atoms. The number of guanidine groups is 1. The third kappa shape index (κ3) is 8.16. The monoisotopic (exact) mass is 447 g/mol. The summed E-state index contributed by atoms with van der Waals surface area (Å²) in [7, 11) is 0. The van der Waals surface area contributed by atoms with E-state index in [9.17, 15) is 8.78 Å². The summed E-state index contributed by atoms with van der Waals surface area (Å²) in [5.41, 5.74) is 0. The maximum Gasteiger partial charge on any atom is 0.319 e. The Morgan fingerprint density at radius 1 is 1.41 bits per heavy atom. The van der Waals surface area contributed by atoms with Crippen LogP contribution in [-0.4, -0.2) is 40.6 Å². The third-order valence-electron chi connectivity index (χ3n) is 2.75. The number of hydrogen-bond acceptors (Lipinski definition) is 3. The van der Waals surface area contributed by atoms with Crippen molar-refractivity contribution in [2.75, 3.05) is 25.1 Å². The minimum absolute atomic E-state index is 0. The van der Waals surface area contributed by atoms with Crippen molar-refractivity contribution in [3.63, 3.8) is 0 Å². The van der Waals surface area contributed by atoms with Crippen LogP contribution in [0.5, 0.6) is 0 Å². The topological polar surface area (TPSA) is 54.2 Å². The van der Waals surface area contributed by atoms with Crippen molar-refractivity contribution in [1.82, 2.24) is 20.2 Å². The Morgan fingerprint density at radius 3 is 2.82 bits per heavy atom. The van der Waals surface area contributed by atoms with Gasteiger partial charge in [0.1, 0.15) is 12.4 Å². The van der Waals surface area contributed by atoms with Gasteiger partial charge in [-0.1, -0.05) is 0 Å². The van der Waals surface area contributed by atoms with E-state index < -0.39 is 6.55 Å². The fourth-order valence-electron chi connectivity index (χ4n) is 1.71. The fourth-order valence-corrected chi connectivity index (χ4v) is 2.21. The van der Waals surface area contributed by atoms with Crippen LogP contribution in [0.3, 0.4) is 0 Å². The summed E-state index contributed by atoms with van der Waals surface area (Å²) in [6.07, 6.45) is 6.91. The molecule has 0 aliphatic heterocycles. The molecular formula is C13H24F2IN5S. The van der Waals surface area contributed by atoms with E-state index in [1.807, 2.05) is 18.7 Å². The van der Waals surface area contributed by atoms with E-state index in [1.165, 1.54) is 12.4 Å². The summed E-state index contributed by atoms with van der Waals surface area (Å²) in [6, 6.07) is 0. The van der Waals surface area contributed by atoms with Gasteiger partial charge in [-0.15, -0.1) is 24.0 Å². The van der Waals surface area contributed by atoms with Crippen molar-refractivity contribution >= 4 is 41.7 Å². The van der Waals surface area contributed by atoms with Gasteiger partial charge in [-0.3, -0.25) is 4.57 Å². The van der Waals surface area contributed by atoms with E-state index in [4.69, 9.17) is 0 Å². The first-order valence-corrected chi connectivity index (χ1v) is 8.39. The highest BCUT2D eigenvalue weighted by Crippen LogP contribution is 2.12. The van der Waals surface area contributed by atoms with Crippen molar-refractivity contribution in [2.24, 2.45) is 4.99 Å². The quantitative estimate of drug-likeness (QED) is 0.265. The number of imidazole rings is 1. The molecule has 1 aromatic rings. The second-order valence-corrected chi connectivity index (χ2v) is 5.34. The number of nitrogens with one attached hydrogen (secondary N) is 2. The molecule has 0 bridgehead atoms.